The summed E-state index contributed by atoms with van der Waals surface area (Å²) in [4.78, 5) is 6.55. The Hall–Kier alpha value is -0.320. The van der Waals surface area contributed by atoms with Gasteiger partial charge in [0.2, 0.25) is 0 Å². The van der Waals surface area contributed by atoms with Crippen molar-refractivity contribution in [2.45, 2.75) is 19.4 Å². The molecule has 0 radical (unpaired) electrons. The number of aromatic nitrogens is 1. The van der Waals surface area contributed by atoms with E-state index < -0.39 is 0 Å². The van der Waals surface area contributed by atoms with E-state index in [-0.39, 0.29) is 6.10 Å². The van der Waals surface area contributed by atoms with Crippen LogP contribution in [0.4, 0.5) is 5.82 Å². The second-order valence-electron chi connectivity index (χ2n) is 3.81. The van der Waals surface area contributed by atoms with Crippen LogP contribution in [-0.2, 0) is 4.74 Å². The summed E-state index contributed by atoms with van der Waals surface area (Å²) < 4.78 is 6.52. The number of morpholine rings is 1. The van der Waals surface area contributed by atoms with Gasteiger partial charge in [-0.25, -0.2) is 4.98 Å². The van der Waals surface area contributed by atoms with Gasteiger partial charge in [-0.15, -0.1) is 0 Å². The van der Waals surface area contributed by atoms with Crippen LogP contribution in [0.2, 0.25) is 5.02 Å². The number of pyridine rings is 1. The molecule has 0 spiro atoms. The van der Waals surface area contributed by atoms with Crippen molar-refractivity contribution in [2.75, 3.05) is 24.6 Å². The Morgan fingerprint density at radius 3 is 3.19 bits per heavy atom. The van der Waals surface area contributed by atoms with Crippen molar-refractivity contribution in [1.82, 2.24) is 4.98 Å². The Morgan fingerprint density at radius 2 is 2.50 bits per heavy atom. The van der Waals surface area contributed by atoms with Crippen LogP contribution in [0.3, 0.4) is 0 Å². The fourth-order valence-corrected chi connectivity index (χ4v) is 2.55. The Bertz CT molecular complexity index is 375. The molecule has 1 aromatic rings. The molecule has 1 aliphatic rings. The van der Waals surface area contributed by atoms with E-state index in [0.717, 1.165) is 36.4 Å². The number of nitrogens with zero attached hydrogens (tertiary/aromatic N) is 2. The lowest BCUT2D eigenvalue weighted by Gasteiger charge is -2.33. The molecular formula is C11H14BrClN2O. The van der Waals surface area contributed by atoms with E-state index in [4.69, 9.17) is 16.3 Å². The van der Waals surface area contributed by atoms with E-state index in [1.54, 1.807) is 6.20 Å². The third kappa shape index (κ3) is 2.67. The molecule has 0 saturated carbocycles. The average Bonchev–Trinajstić information content (AvgIpc) is 2.29. The molecule has 1 unspecified atom stereocenters. The third-order valence-electron chi connectivity index (χ3n) is 2.68. The Balaban J connectivity index is 2.16. The number of rotatable bonds is 2. The van der Waals surface area contributed by atoms with Gasteiger partial charge < -0.3 is 9.64 Å². The molecule has 1 saturated heterocycles. The molecule has 5 heteroatoms. The summed E-state index contributed by atoms with van der Waals surface area (Å²) in [5, 5.41) is 0.686. The predicted molar refractivity (Wildman–Crippen MR) is 69.2 cm³/mol. The van der Waals surface area contributed by atoms with Gasteiger partial charge in [0.15, 0.2) is 0 Å². The van der Waals surface area contributed by atoms with E-state index in [9.17, 15) is 0 Å². The van der Waals surface area contributed by atoms with E-state index in [0.29, 0.717) is 5.02 Å². The molecule has 2 heterocycles. The van der Waals surface area contributed by atoms with Crippen LogP contribution in [0, 0.1) is 0 Å². The van der Waals surface area contributed by atoms with Crippen molar-refractivity contribution in [3.63, 3.8) is 0 Å². The highest BCUT2D eigenvalue weighted by Gasteiger charge is 2.21. The summed E-state index contributed by atoms with van der Waals surface area (Å²) in [6.07, 6.45) is 3.08. The Kier molecular flexibility index (Phi) is 4.05. The molecule has 1 fully saturated rings. The second-order valence-corrected chi connectivity index (χ2v) is 5.13. The summed E-state index contributed by atoms with van der Waals surface area (Å²) in [6, 6.07) is 1.88. The first-order chi connectivity index (χ1) is 7.70. The second kappa shape index (κ2) is 5.34. The first-order valence-electron chi connectivity index (χ1n) is 5.38. The molecule has 16 heavy (non-hydrogen) atoms. The molecule has 2 rings (SSSR count). The number of hydrogen-bond donors (Lipinski definition) is 0. The molecule has 0 N–H and O–H groups in total. The first-order valence-corrected chi connectivity index (χ1v) is 6.55. The summed E-state index contributed by atoms with van der Waals surface area (Å²) in [5.41, 5.74) is 0. The topological polar surface area (TPSA) is 25.4 Å². The van der Waals surface area contributed by atoms with Gasteiger partial charge in [-0.1, -0.05) is 18.5 Å². The molecular weight excluding hydrogens is 291 g/mol. The zero-order valence-corrected chi connectivity index (χ0v) is 11.5. The molecule has 0 bridgehead atoms. The van der Waals surface area contributed by atoms with Crippen molar-refractivity contribution in [1.29, 1.82) is 0 Å². The van der Waals surface area contributed by atoms with Crippen LogP contribution in [0.5, 0.6) is 0 Å². The zero-order valence-electron chi connectivity index (χ0n) is 9.12. The van der Waals surface area contributed by atoms with Gasteiger partial charge >= 0.3 is 0 Å². The zero-order chi connectivity index (χ0) is 11.5. The maximum atomic E-state index is 6.18. The lowest BCUT2D eigenvalue weighted by atomic mass is 10.2. The monoisotopic (exact) mass is 304 g/mol. The number of halogens is 2. The standard InChI is InChI=1S/C11H14BrClN2O/c1-2-9-7-15(3-4-16-9)11-10(13)5-8(12)6-14-11/h5-6,9H,2-4,7H2,1H3. The van der Waals surface area contributed by atoms with Crippen molar-refractivity contribution in [3.05, 3.63) is 21.8 Å². The molecule has 0 amide bonds. The van der Waals surface area contributed by atoms with E-state index >= 15 is 0 Å². The fraction of sp³-hybridized carbons (Fsp3) is 0.545. The number of hydrogen-bond acceptors (Lipinski definition) is 3. The molecule has 1 aromatic heterocycles. The maximum absolute atomic E-state index is 6.18. The van der Waals surface area contributed by atoms with Crippen LogP contribution in [0.1, 0.15) is 13.3 Å². The molecule has 0 aromatic carbocycles. The van der Waals surface area contributed by atoms with Crippen LogP contribution in [-0.4, -0.2) is 30.8 Å². The largest absolute Gasteiger partial charge is 0.375 e. The van der Waals surface area contributed by atoms with Crippen molar-refractivity contribution < 1.29 is 4.74 Å². The number of ether oxygens (including phenoxy) is 1. The maximum Gasteiger partial charge on any atom is 0.147 e. The van der Waals surface area contributed by atoms with E-state index in [1.165, 1.54) is 0 Å². The smallest absolute Gasteiger partial charge is 0.147 e. The normalized spacial score (nSPS) is 21.2. The molecule has 88 valence electrons. The van der Waals surface area contributed by atoms with Crippen molar-refractivity contribution in [2.24, 2.45) is 0 Å². The minimum absolute atomic E-state index is 0.287. The van der Waals surface area contributed by atoms with Crippen LogP contribution in [0.25, 0.3) is 0 Å². The van der Waals surface area contributed by atoms with Gasteiger partial charge in [0.1, 0.15) is 5.82 Å². The average molecular weight is 306 g/mol. The van der Waals surface area contributed by atoms with Crippen molar-refractivity contribution >= 4 is 33.3 Å². The lowest BCUT2D eigenvalue weighted by Crippen LogP contribution is -2.42. The Labute approximate surface area is 109 Å². The third-order valence-corrected chi connectivity index (χ3v) is 3.39. The van der Waals surface area contributed by atoms with Gasteiger partial charge in [0.25, 0.3) is 0 Å². The van der Waals surface area contributed by atoms with Gasteiger partial charge in [-0.3, -0.25) is 0 Å². The minimum atomic E-state index is 0.287. The summed E-state index contributed by atoms with van der Waals surface area (Å²) in [7, 11) is 0. The highest BCUT2D eigenvalue weighted by Crippen LogP contribution is 2.27. The first kappa shape index (κ1) is 12.1. The minimum Gasteiger partial charge on any atom is -0.375 e. The molecule has 3 nitrogen and oxygen atoms in total. The molecule has 0 aliphatic carbocycles. The van der Waals surface area contributed by atoms with Gasteiger partial charge in [0.05, 0.1) is 17.7 Å². The van der Waals surface area contributed by atoms with Gasteiger partial charge in [0, 0.05) is 23.8 Å². The fourth-order valence-electron chi connectivity index (χ4n) is 1.80. The van der Waals surface area contributed by atoms with Gasteiger partial charge in [-0.05, 0) is 28.4 Å². The van der Waals surface area contributed by atoms with Crippen LogP contribution >= 0.6 is 27.5 Å². The highest BCUT2D eigenvalue weighted by atomic mass is 79.9. The molecule has 1 atom stereocenters. The van der Waals surface area contributed by atoms with Crippen LogP contribution in [0.15, 0.2) is 16.7 Å². The number of anilines is 1. The summed E-state index contributed by atoms with van der Waals surface area (Å²) in [6.45, 7) is 4.59. The Morgan fingerprint density at radius 1 is 1.69 bits per heavy atom. The summed E-state index contributed by atoms with van der Waals surface area (Å²) >= 11 is 9.53. The van der Waals surface area contributed by atoms with Crippen LogP contribution < -0.4 is 4.90 Å². The molecule has 1 aliphatic heterocycles. The quantitative estimate of drug-likeness (QED) is 0.839. The van der Waals surface area contributed by atoms with E-state index in [1.807, 2.05) is 6.07 Å². The summed E-state index contributed by atoms with van der Waals surface area (Å²) in [5.74, 6) is 0.853. The van der Waals surface area contributed by atoms with Crippen molar-refractivity contribution in [3.8, 4) is 0 Å². The SMILES string of the molecule is CCC1CN(c2ncc(Br)cc2Cl)CCO1. The van der Waals surface area contributed by atoms with Gasteiger partial charge in [-0.2, -0.15) is 0 Å². The highest BCUT2D eigenvalue weighted by molar-refractivity contribution is 9.10. The lowest BCUT2D eigenvalue weighted by molar-refractivity contribution is 0.0382. The van der Waals surface area contributed by atoms with E-state index in [2.05, 4.69) is 32.7 Å². The predicted octanol–water partition coefficient (Wildman–Crippen LogP) is 3.11.